The molecular formula is C24H36. The van der Waals surface area contributed by atoms with Crippen molar-refractivity contribution in [2.45, 2.75) is 90.9 Å². The summed E-state index contributed by atoms with van der Waals surface area (Å²) in [6.45, 7) is 5.01. The van der Waals surface area contributed by atoms with Gasteiger partial charge in [-0.25, -0.2) is 0 Å². The summed E-state index contributed by atoms with van der Waals surface area (Å²) < 4.78 is 0. The maximum atomic E-state index is 2.54. The minimum absolute atomic E-state index is 0.387. The van der Waals surface area contributed by atoms with E-state index in [-0.39, 0.29) is 0 Å². The van der Waals surface area contributed by atoms with E-state index in [9.17, 15) is 0 Å². The molecule has 0 fully saturated rings. The molecule has 0 N–H and O–H groups in total. The fraction of sp³-hybridized carbons (Fsp3) is 0.667. The van der Waals surface area contributed by atoms with E-state index in [1.807, 2.05) is 0 Å². The second kappa shape index (κ2) is 7.89. The Hall–Kier alpha value is -1.04. The average Bonchev–Trinajstić information content (AvgIpc) is 2.85. The molecule has 3 aliphatic carbocycles. The van der Waals surface area contributed by atoms with Crippen LogP contribution in [-0.4, -0.2) is 0 Å². The normalized spacial score (nSPS) is 37.9. The Morgan fingerprint density at radius 1 is 0.583 bits per heavy atom. The zero-order valence-corrected chi connectivity index (χ0v) is 15.9. The van der Waals surface area contributed by atoms with Crippen LogP contribution in [0.25, 0.3) is 0 Å². The van der Waals surface area contributed by atoms with Crippen LogP contribution in [-0.2, 0) is 0 Å². The standard InChI is InChI=1S/C24H36/c1-23-17-9-3-5-13-21(23)15-8-12-20-24(2)18-10-4-6-14-22(24)16-7-11-19-23/h7-8,13-16H,3-6,9-12,17-20H2,1-2H3/b15-8+,16-7+. The molecule has 0 saturated carbocycles. The fourth-order valence-corrected chi connectivity index (χ4v) is 4.92. The van der Waals surface area contributed by atoms with Crippen molar-refractivity contribution in [3.63, 3.8) is 0 Å². The van der Waals surface area contributed by atoms with Crippen LogP contribution in [0.15, 0.2) is 47.6 Å². The van der Waals surface area contributed by atoms with E-state index in [2.05, 4.69) is 50.3 Å². The summed E-state index contributed by atoms with van der Waals surface area (Å²) in [7, 11) is 0. The highest BCUT2D eigenvalue weighted by atomic mass is 14.3. The van der Waals surface area contributed by atoms with Crippen molar-refractivity contribution in [3.8, 4) is 0 Å². The molecule has 0 saturated heterocycles. The van der Waals surface area contributed by atoms with E-state index < -0.39 is 0 Å². The monoisotopic (exact) mass is 324 g/mol. The number of hydrogen-bond donors (Lipinski definition) is 0. The van der Waals surface area contributed by atoms with Crippen molar-refractivity contribution in [2.24, 2.45) is 10.8 Å². The highest BCUT2D eigenvalue weighted by molar-refractivity contribution is 5.30. The largest absolute Gasteiger partial charge is 0.0842 e. The zero-order valence-electron chi connectivity index (χ0n) is 15.9. The molecule has 0 bridgehead atoms. The molecule has 2 unspecified atom stereocenters. The highest BCUT2D eigenvalue weighted by Crippen LogP contribution is 2.44. The van der Waals surface area contributed by atoms with E-state index in [1.54, 1.807) is 11.1 Å². The first-order valence-electron chi connectivity index (χ1n) is 10.4. The van der Waals surface area contributed by atoms with Gasteiger partial charge in [-0.05, 0) is 86.2 Å². The third-order valence-electron chi connectivity index (χ3n) is 6.81. The maximum Gasteiger partial charge on any atom is -0.00756 e. The summed E-state index contributed by atoms with van der Waals surface area (Å²) in [5, 5.41) is 0. The minimum Gasteiger partial charge on any atom is -0.0842 e. The van der Waals surface area contributed by atoms with Crippen LogP contribution in [0.3, 0.4) is 0 Å². The topological polar surface area (TPSA) is 0 Å². The minimum atomic E-state index is 0.387. The van der Waals surface area contributed by atoms with Gasteiger partial charge in [-0.3, -0.25) is 0 Å². The van der Waals surface area contributed by atoms with E-state index in [0.29, 0.717) is 10.8 Å². The molecule has 0 heterocycles. The quantitative estimate of drug-likeness (QED) is 0.428. The molecule has 3 aliphatic rings. The van der Waals surface area contributed by atoms with Gasteiger partial charge in [0.25, 0.3) is 0 Å². The predicted octanol–water partition coefficient (Wildman–Crippen LogP) is 7.69. The van der Waals surface area contributed by atoms with Crippen LogP contribution in [0.1, 0.15) is 90.9 Å². The van der Waals surface area contributed by atoms with Crippen LogP contribution >= 0.6 is 0 Å². The van der Waals surface area contributed by atoms with Crippen LogP contribution in [0.4, 0.5) is 0 Å². The lowest BCUT2D eigenvalue weighted by molar-refractivity contribution is 0.333. The van der Waals surface area contributed by atoms with Crippen LogP contribution in [0.5, 0.6) is 0 Å². The second-order valence-electron chi connectivity index (χ2n) is 8.81. The van der Waals surface area contributed by atoms with Crippen LogP contribution < -0.4 is 0 Å². The lowest BCUT2D eigenvalue weighted by atomic mass is 9.72. The molecule has 2 atom stereocenters. The van der Waals surface area contributed by atoms with Gasteiger partial charge in [-0.1, -0.05) is 63.1 Å². The van der Waals surface area contributed by atoms with Gasteiger partial charge < -0.3 is 0 Å². The van der Waals surface area contributed by atoms with Crippen molar-refractivity contribution in [1.82, 2.24) is 0 Å². The molecule has 0 heteroatoms. The lowest BCUT2D eigenvalue weighted by Gasteiger charge is -2.32. The van der Waals surface area contributed by atoms with Gasteiger partial charge >= 0.3 is 0 Å². The average molecular weight is 325 g/mol. The van der Waals surface area contributed by atoms with Gasteiger partial charge in [0.15, 0.2) is 0 Å². The van der Waals surface area contributed by atoms with Crippen molar-refractivity contribution in [1.29, 1.82) is 0 Å². The molecule has 24 heavy (non-hydrogen) atoms. The molecule has 0 aromatic rings. The Morgan fingerprint density at radius 3 is 1.50 bits per heavy atom. The highest BCUT2D eigenvalue weighted by Gasteiger charge is 2.30. The summed E-state index contributed by atoms with van der Waals surface area (Å²) in [6.07, 6.45) is 30.8. The van der Waals surface area contributed by atoms with E-state index in [1.165, 1.54) is 77.0 Å². The van der Waals surface area contributed by atoms with E-state index in [4.69, 9.17) is 0 Å². The van der Waals surface area contributed by atoms with Gasteiger partial charge in [-0.15, -0.1) is 0 Å². The molecule has 0 amide bonds. The van der Waals surface area contributed by atoms with E-state index >= 15 is 0 Å². The summed E-state index contributed by atoms with van der Waals surface area (Å²) in [6, 6.07) is 0. The first kappa shape index (κ1) is 17.8. The smallest absolute Gasteiger partial charge is 0.00756 e. The predicted molar refractivity (Wildman–Crippen MR) is 106 cm³/mol. The molecule has 0 aromatic carbocycles. The van der Waals surface area contributed by atoms with Crippen molar-refractivity contribution in [2.75, 3.05) is 0 Å². The first-order chi connectivity index (χ1) is 11.6. The first-order valence-corrected chi connectivity index (χ1v) is 10.4. The Labute approximate surface area is 149 Å². The van der Waals surface area contributed by atoms with Crippen molar-refractivity contribution >= 4 is 0 Å². The summed E-state index contributed by atoms with van der Waals surface area (Å²) in [5.41, 5.74) is 4.02. The molecule has 0 nitrogen and oxygen atoms in total. The number of allylic oxidation sites excluding steroid dienone is 8. The number of fused-ring (bicyclic) bond motifs is 2. The third-order valence-corrected chi connectivity index (χ3v) is 6.81. The van der Waals surface area contributed by atoms with Gasteiger partial charge in [-0.2, -0.15) is 0 Å². The van der Waals surface area contributed by atoms with Gasteiger partial charge in [0.1, 0.15) is 0 Å². The number of hydrogen-bond acceptors (Lipinski definition) is 0. The molecule has 3 rings (SSSR count). The summed E-state index contributed by atoms with van der Waals surface area (Å²) in [5.74, 6) is 0. The Morgan fingerprint density at radius 2 is 1.04 bits per heavy atom. The van der Waals surface area contributed by atoms with Gasteiger partial charge in [0.2, 0.25) is 0 Å². The lowest BCUT2D eigenvalue weighted by Crippen LogP contribution is -2.19. The summed E-state index contributed by atoms with van der Waals surface area (Å²) in [4.78, 5) is 0. The van der Waals surface area contributed by atoms with Crippen LogP contribution in [0.2, 0.25) is 0 Å². The number of rotatable bonds is 0. The molecule has 0 spiro atoms. The maximum absolute atomic E-state index is 2.54. The van der Waals surface area contributed by atoms with Gasteiger partial charge in [0, 0.05) is 0 Å². The molecule has 0 aromatic heterocycles. The van der Waals surface area contributed by atoms with E-state index in [0.717, 1.165) is 0 Å². The third kappa shape index (κ3) is 4.13. The van der Waals surface area contributed by atoms with Gasteiger partial charge in [0.05, 0.1) is 0 Å². The van der Waals surface area contributed by atoms with Crippen molar-refractivity contribution in [3.05, 3.63) is 47.6 Å². The molecule has 132 valence electrons. The van der Waals surface area contributed by atoms with Crippen molar-refractivity contribution < 1.29 is 0 Å². The van der Waals surface area contributed by atoms with Crippen LogP contribution in [0, 0.1) is 10.8 Å². The Bertz CT molecular complexity index is 494. The summed E-state index contributed by atoms with van der Waals surface area (Å²) >= 11 is 0. The second-order valence-corrected chi connectivity index (χ2v) is 8.81. The molecule has 0 radical (unpaired) electrons. The Balaban J connectivity index is 1.85. The molecular weight excluding hydrogens is 288 g/mol. The fourth-order valence-electron chi connectivity index (χ4n) is 4.92. The molecule has 0 aliphatic heterocycles. The zero-order chi connectivity index (χ0) is 16.9. The Kier molecular flexibility index (Phi) is 5.85. The SMILES string of the molecule is CC12CC/C=C/C3=CCCCCC3(C)CC/C=C/C1=CCCCC2.